The third-order valence-corrected chi connectivity index (χ3v) is 6.47. The van der Waals surface area contributed by atoms with Crippen LogP contribution < -0.4 is 0 Å². The first-order valence-corrected chi connectivity index (χ1v) is 11.4. The maximum atomic E-state index is 13.4. The van der Waals surface area contributed by atoms with Crippen LogP contribution in [0.15, 0.2) is 36.4 Å². The van der Waals surface area contributed by atoms with Crippen LogP contribution in [0.5, 0.6) is 0 Å². The number of aryl methyl sites for hydroxylation is 1. The number of aromatic amines is 1. The van der Waals surface area contributed by atoms with Gasteiger partial charge in [-0.3, -0.25) is 9.89 Å². The molecule has 1 saturated heterocycles. The zero-order chi connectivity index (χ0) is 23.4. The van der Waals surface area contributed by atoms with E-state index in [1.807, 2.05) is 36.1 Å². The number of ether oxygens (including phenoxy) is 1. The lowest BCUT2D eigenvalue weighted by atomic mass is 9.88. The summed E-state index contributed by atoms with van der Waals surface area (Å²) in [7, 11) is 1.64. The topological polar surface area (TPSA) is 94.9 Å². The molecule has 0 unspecified atom stereocenters. The van der Waals surface area contributed by atoms with Crippen molar-refractivity contribution in [3.8, 4) is 17.5 Å². The van der Waals surface area contributed by atoms with E-state index in [0.29, 0.717) is 65.4 Å². The van der Waals surface area contributed by atoms with Crippen molar-refractivity contribution >= 4 is 17.5 Å². The average Bonchev–Trinajstić information content (AvgIpc) is 3.31. The highest BCUT2D eigenvalue weighted by molar-refractivity contribution is 6.33. The van der Waals surface area contributed by atoms with Crippen molar-refractivity contribution < 1.29 is 9.53 Å². The number of carbonyl (C=O) groups excluding carboxylic acids is 1. The standard InChI is InChI=1S/C25H26ClN5O2/c1-16-13-22(26)21(24-28-23(29-30-24)9-12-33-2)14-20(16)25(32)31-10-7-19(8-11-31)18-5-3-17(15-27)4-6-18/h3-6,13-14,19H,7-12H2,1-2H3,(H,28,29,30). The molecular weight excluding hydrogens is 438 g/mol. The number of likely N-dealkylation sites (tertiary alicyclic amines) is 1. The first kappa shape index (κ1) is 23.0. The third-order valence-electron chi connectivity index (χ3n) is 6.15. The molecule has 0 spiro atoms. The van der Waals surface area contributed by atoms with Crippen molar-refractivity contribution in [2.24, 2.45) is 0 Å². The summed E-state index contributed by atoms with van der Waals surface area (Å²) in [6.45, 7) is 3.80. The van der Waals surface area contributed by atoms with Crippen molar-refractivity contribution in [3.05, 3.63) is 69.5 Å². The van der Waals surface area contributed by atoms with Crippen LogP contribution in [0.25, 0.3) is 11.4 Å². The van der Waals surface area contributed by atoms with Gasteiger partial charge in [-0.25, -0.2) is 4.98 Å². The summed E-state index contributed by atoms with van der Waals surface area (Å²) >= 11 is 6.49. The SMILES string of the molecule is COCCc1nc(-c2cc(C(=O)N3CCC(c4ccc(C#N)cc4)CC3)c(C)cc2Cl)n[nH]1. The monoisotopic (exact) mass is 463 g/mol. The zero-order valence-corrected chi connectivity index (χ0v) is 19.5. The van der Waals surface area contributed by atoms with Crippen molar-refractivity contribution in [1.29, 1.82) is 5.26 Å². The van der Waals surface area contributed by atoms with E-state index < -0.39 is 0 Å². The summed E-state index contributed by atoms with van der Waals surface area (Å²) < 4.78 is 5.09. The Morgan fingerprint density at radius 2 is 2.00 bits per heavy atom. The van der Waals surface area contributed by atoms with E-state index in [-0.39, 0.29) is 5.91 Å². The van der Waals surface area contributed by atoms with Crippen LogP contribution in [0, 0.1) is 18.3 Å². The lowest BCUT2D eigenvalue weighted by Crippen LogP contribution is -2.38. The minimum Gasteiger partial charge on any atom is -0.384 e. The van der Waals surface area contributed by atoms with Crippen LogP contribution in [0.1, 0.15) is 51.6 Å². The van der Waals surface area contributed by atoms with Crippen LogP contribution >= 0.6 is 11.6 Å². The Bertz CT molecular complexity index is 1170. The fourth-order valence-corrected chi connectivity index (χ4v) is 4.52. The van der Waals surface area contributed by atoms with Crippen molar-refractivity contribution in [1.82, 2.24) is 20.1 Å². The minimum absolute atomic E-state index is 0.00108. The number of halogens is 1. The number of nitrogens with one attached hydrogen (secondary N) is 1. The summed E-state index contributed by atoms with van der Waals surface area (Å²) in [6, 6.07) is 13.5. The Balaban J connectivity index is 1.48. The van der Waals surface area contributed by atoms with Gasteiger partial charge in [-0.05, 0) is 61.1 Å². The van der Waals surface area contributed by atoms with E-state index in [0.717, 1.165) is 18.4 Å². The number of nitrogens with zero attached hydrogens (tertiary/aromatic N) is 4. The van der Waals surface area contributed by atoms with Crippen LogP contribution in [0.4, 0.5) is 0 Å². The number of piperidine rings is 1. The molecule has 33 heavy (non-hydrogen) atoms. The van der Waals surface area contributed by atoms with E-state index >= 15 is 0 Å². The highest BCUT2D eigenvalue weighted by Gasteiger charge is 2.26. The molecule has 3 aromatic rings. The number of rotatable bonds is 6. The molecule has 0 radical (unpaired) electrons. The molecule has 170 valence electrons. The highest BCUT2D eigenvalue weighted by Crippen LogP contribution is 2.32. The van der Waals surface area contributed by atoms with E-state index in [9.17, 15) is 4.79 Å². The molecule has 1 fully saturated rings. The fraction of sp³-hybridized carbons (Fsp3) is 0.360. The van der Waals surface area contributed by atoms with E-state index in [1.54, 1.807) is 19.2 Å². The predicted octanol–water partition coefficient (Wildman–Crippen LogP) is 4.51. The van der Waals surface area contributed by atoms with Gasteiger partial charge < -0.3 is 9.64 Å². The van der Waals surface area contributed by atoms with Gasteiger partial charge in [0.15, 0.2) is 5.82 Å². The lowest BCUT2D eigenvalue weighted by molar-refractivity contribution is 0.0712. The van der Waals surface area contributed by atoms with Gasteiger partial charge in [0.2, 0.25) is 0 Å². The number of nitriles is 1. The zero-order valence-electron chi connectivity index (χ0n) is 18.8. The van der Waals surface area contributed by atoms with Gasteiger partial charge in [0.1, 0.15) is 5.82 Å². The summed E-state index contributed by atoms with van der Waals surface area (Å²) in [6.07, 6.45) is 2.40. The maximum absolute atomic E-state index is 13.4. The molecule has 1 amide bonds. The summed E-state index contributed by atoms with van der Waals surface area (Å²) in [5.74, 6) is 1.57. The van der Waals surface area contributed by atoms with Crippen LogP contribution in [-0.2, 0) is 11.2 Å². The highest BCUT2D eigenvalue weighted by atomic mass is 35.5. The Morgan fingerprint density at radius 3 is 2.67 bits per heavy atom. The van der Waals surface area contributed by atoms with Crippen LogP contribution in [0.3, 0.4) is 0 Å². The molecule has 0 aliphatic carbocycles. The molecule has 0 atom stereocenters. The minimum atomic E-state index is -0.00108. The molecule has 1 aromatic heterocycles. The second kappa shape index (κ2) is 10.2. The average molecular weight is 464 g/mol. The number of hydrogen-bond acceptors (Lipinski definition) is 5. The predicted molar refractivity (Wildman–Crippen MR) is 126 cm³/mol. The maximum Gasteiger partial charge on any atom is 0.254 e. The molecule has 2 heterocycles. The summed E-state index contributed by atoms with van der Waals surface area (Å²) in [5.41, 5.74) is 3.98. The largest absolute Gasteiger partial charge is 0.384 e. The lowest BCUT2D eigenvalue weighted by Gasteiger charge is -2.32. The molecule has 2 aromatic carbocycles. The first-order valence-electron chi connectivity index (χ1n) is 11.0. The van der Waals surface area contributed by atoms with Crippen LogP contribution in [-0.4, -0.2) is 52.8 Å². The summed E-state index contributed by atoms with van der Waals surface area (Å²) in [4.78, 5) is 19.8. The van der Waals surface area contributed by atoms with Gasteiger partial charge in [0.05, 0.1) is 23.3 Å². The Hall–Kier alpha value is -3.21. The second-order valence-electron chi connectivity index (χ2n) is 8.30. The number of amides is 1. The first-order chi connectivity index (χ1) is 16.0. The molecule has 0 bridgehead atoms. The van der Waals surface area contributed by atoms with E-state index in [2.05, 4.69) is 21.3 Å². The molecule has 1 aliphatic heterocycles. The second-order valence-corrected chi connectivity index (χ2v) is 8.70. The number of hydrogen-bond donors (Lipinski definition) is 1. The van der Waals surface area contributed by atoms with Gasteiger partial charge in [-0.2, -0.15) is 10.4 Å². The normalized spacial score (nSPS) is 14.3. The van der Waals surface area contributed by atoms with Crippen LogP contribution in [0.2, 0.25) is 5.02 Å². The van der Waals surface area contributed by atoms with Crippen molar-refractivity contribution in [2.75, 3.05) is 26.8 Å². The number of aromatic nitrogens is 3. The molecule has 8 heteroatoms. The number of carbonyl (C=O) groups is 1. The number of H-pyrrole nitrogens is 1. The Morgan fingerprint density at radius 1 is 1.27 bits per heavy atom. The summed E-state index contributed by atoms with van der Waals surface area (Å²) in [5, 5.41) is 16.7. The third kappa shape index (κ3) is 5.08. The van der Waals surface area contributed by atoms with Gasteiger partial charge in [0.25, 0.3) is 5.91 Å². The molecule has 7 nitrogen and oxygen atoms in total. The van der Waals surface area contributed by atoms with Crippen molar-refractivity contribution in [2.45, 2.75) is 32.1 Å². The number of benzene rings is 2. The fourth-order valence-electron chi connectivity index (χ4n) is 4.22. The molecule has 0 saturated carbocycles. The molecular formula is C25H26ClN5O2. The smallest absolute Gasteiger partial charge is 0.254 e. The van der Waals surface area contributed by atoms with Gasteiger partial charge in [-0.15, -0.1) is 0 Å². The molecule has 1 aliphatic rings. The quantitative estimate of drug-likeness (QED) is 0.580. The van der Waals surface area contributed by atoms with Gasteiger partial charge in [0, 0.05) is 37.7 Å². The Kier molecular flexibility index (Phi) is 7.07. The molecule has 1 N–H and O–H groups in total. The number of methoxy groups -OCH3 is 1. The van der Waals surface area contributed by atoms with Gasteiger partial charge >= 0.3 is 0 Å². The molecule has 4 rings (SSSR count). The van der Waals surface area contributed by atoms with Crippen molar-refractivity contribution in [3.63, 3.8) is 0 Å². The Labute approximate surface area is 198 Å². The van der Waals surface area contributed by atoms with Gasteiger partial charge in [-0.1, -0.05) is 23.7 Å². The van der Waals surface area contributed by atoms with E-state index in [4.69, 9.17) is 21.6 Å². The van der Waals surface area contributed by atoms with E-state index in [1.165, 1.54) is 5.56 Å².